The standard InChI is InChI=1S/C18H21N3O2/c1-12-16(17(20-23-12)13-5-3-2-4-6-13)18(22)21-14-7-8-15(21)11-19-10-9-14/h2-6,14-15,19H,7-11H2,1H3. The maximum Gasteiger partial charge on any atom is 0.260 e. The number of benzene rings is 1. The lowest BCUT2D eigenvalue weighted by atomic mass is 10.0. The molecule has 2 aromatic rings. The van der Waals surface area contributed by atoms with Gasteiger partial charge in [-0.2, -0.15) is 0 Å². The van der Waals surface area contributed by atoms with Gasteiger partial charge in [0.2, 0.25) is 0 Å². The second-order valence-electron chi connectivity index (χ2n) is 6.42. The lowest BCUT2D eigenvalue weighted by Gasteiger charge is -2.27. The molecule has 2 fully saturated rings. The summed E-state index contributed by atoms with van der Waals surface area (Å²) in [6.45, 7) is 3.69. The van der Waals surface area contributed by atoms with Gasteiger partial charge in [0.1, 0.15) is 17.0 Å². The van der Waals surface area contributed by atoms with Crippen molar-refractivity contribution in [2.75, 3.05) is 13.1 Å². The van der Waals surface area contributed by atoms with Crippen LogP contribution in [0, 0.1) is 6.92 Å². The molecule has 2 aliphatic rings. The lowest BCUT2D eigenvalue weighted by Crippen LogP contribution is -2.42. The quantitative estimate of drug-likeness (QED) is 0.926. The highest BCUT2D eigenvalue weighted by molar-refractivity contribution is 6.01. The smallest absolute Gasteiger partial charge is 0.260 e. The highest BCUT2D eigenvalue weighted by atomic mass is 16.5. The molecule has 0 aliphatic carbocycles. The van der Waals surface area contributed by atoms with Gasteiger partial charge in [-0.05, 0) is 32.7 Å². The average Bonchev–Trinajstić information content (AvgIpc) is 3.06. The molecule has 120 valence electrons. The molecule has 5 nitrogen and oxygen atoms in total. The van der Waals surface area contributed by atoms with Crippen molar-refractivity contribution < 1.29 is 9.32 Å². The molecular weight excluding hydrogens is 290 g/mol. The van der Waals surface area contributed by atoms with Gasteiger partial charge in [0.05, 0.1) is 0 Å². The number of hydrogen-bond donors (Lipinski definition) is 1. The van der Waals surface area contributed by atoms with E-state index in [1.807, 2.05) is 37.3 Å². The number of amides is 1. The number of aryl methyl sites for hydroxylation is 1. The van der Waals surface area contributed by atoms with Crippen LogP contribution in [0.4, 0.5) is 0 Å². The molecule has 4 rings (SSSR count). The molecule has 23 heavy (non-hydrogen) atoms. The zero-order valence-electron chi connectivity index (χ0n) is 13.3. The van der Waals surface area contributed by atoms with Crippen molar-refractivity contribution in [3.8, 4) is 11.3 Å². The fraction of sp³-hybridized carbons (Fsp3) is 0.444. The van der Waals surface area contributed by atoms with Crippen molar-refractivity contribution in [2.45, 2.75) is 38.3 Å². The summed E-state index contributed by atoms with van der Waals surface area (Å²) in [5.74, 6) is 0.671. The Morgan fingerprint density at radius 3 is 2.83 bits per heavy atom. The van der Waals surface area contributed by atoms with Gasteiger partial charge in [0, 0.05) is 24.2 Å². The van der Waals surface area contributed by atoms with Crippen LogP contribution in [-0.4, -0.2) is 41.1 Å². The van der Waals surface area contributed by atoms with Gasteiger partial charge >= 0.3 is 0 Å². The van der Waals surface area contributed by atoms with E-state index in [2.05, 4.69) is 15.4 Å². The number of nitrogens with zero attached hydrogens (tertiary/aromatic N) is 2. The molecule has 1 N–H and O–H groups in total. The monoisotopic (exact) mass is 311 g/mol. The minimum absolute atomic E-state index is 0.0683. The topological polar surface area (TPSA) is 58.4 Å². The summed E-state index contributed by atoms with van der Waals surface area (Å²) < 4.78 is 5.37. The normalized spacial score (nSPS) is 23.8. The number of aromatic nitrogens is 1. The first-order chi connectivity index (χ1) is 11.3. The van der Waals surface area contributed by atoms with E-state index in [1.54, 1.807) is 0 Å². The van der Waals surface area contributed by atoms with Gasteiger partial charge < -0.3 is 14.7 Å². The molecule has 2 bridgehead atoms. The van der Waals surface area contributed by atoms with Crippen LogP contribution in [0.1, 0.15) is 35.4 Å². The van der Waals surface area contributed by atoms with Gasteiger partial charge in [-0.25, -0.2) is 0 Å². The van der Waals surface area contributed by atoms with E-state index in [9.17, 15) is 4.79 Å². The van der Waals surface area contributed by atoms with Crippen molar-refractivity contribution in [3.63, 3.8) is 0 Å². The molecule has 3 heterocycles. The minimum atomic E-state index is 0.0683. The number of carbonyl (C=O) groups is 1. The molecule has 2 atom stereocenters. The predicted molar refractivity (Wildman–Crippen MR) is 87.1 cm³/mol. The lowest BCUT2D eigenvalue weighted by molar-refractivity contribution is 0.0679. The second kappa shape index (κ2) is 5.81. The summed E-state index contributed by atoms with van der Waals surface area (Å²) in [5, 5.41) is 7.59. The van der Waals surface area contributed by atoms with Gasteiger partial charge in [-0.1, -0.05) is 35.5 Å². The number of fused-ring (bicyclic) bond motifs is 2. The van der Waals surface area contributed by atoms with E-state index < -0.39 is 0 Å². The SMILES string of the molecule is Cc1onc(-c2ccccc2)c1C(=O)N1C2CCNCC1CC2. The maximum atomic E-state index is 13.3. The van der Waals surface area contributed by atoms with E-state index in [4.69, 9.17) is 4.52 Å². The van der Waals surface area contributed by atoms with E-state index in [0.29, 0.717) is 23.1 Å². The molecule has 1 aromatic carbocycles. The van der Waals surface area contributed by atoms with Crippen LogP contribution in [0.5, 0.6) is 0 Å². The van der Waals surface area contributed by atoms with Gasteiger partial charge in [-0.3, -0.25) is 4.79 Å². The van der Waals surface area contributed by atoms with Gasteiger partial charge in [0.25, 0.3) is 5.91 Å². The third kappa shape index (κ3) is 2.45. The van der Waals surface area contributed by atoms with Crippen LogP contribution in [-0.2, 0) is 0 Å². The van der Waals surface area contributed by atoms with Crippen molar-refractivity contribution in [1.82, 2.24) is 15.4 Å². The third-order valence-corrected chi connectivity index (χ3v) is 5.01. The van der Waals surface area contributed by atoms with Gasteiger partial charge in [0.15, 0.2) is 0 Å². The molecule has 0 radical (unpaired) electrons. The highest BCUT2D eigenvalue weighted by Crippen LogP contribution is 2.33. The zero-order valence-corrected chi connectivity index (χ0v) is 13.3. The number of carbonyl (C=O) groups excluding carboxylic acids is 1. The number of rotatable bonds is 2. The molecule has 0 spiro atoms. The largest absolute Gasteiger partial charge is 0.360 e. The van der Waals surface area contributed by atoms with E-state index in [-0.39, 0.29) is 11.9 Å². The fourth-order valence-electron chi connectivity index (χ4n) is 3.86. The molecule has 5 heteroatoms. The van der Waals surface area contributed by atoms with Crippen LogP contribution in [0.25, 0.3) is 11.3 Å². The predicted octanol–water partition coefficient (Wildman–Crippen LogP) is 2.62. The van der Waals surface area contributed by atoms with Crippen molar-refractivity contribution in [1.29, 1.82) is 0 Å². The first-order valence-electron chi connectivity index (χ1n) is 8.31. The Bertz CT molecular complexity index is 696. The highest BCUT2D eigenvalue weighted by Gasteiger charge is 2.40. The Balaban J connectivity index is 1.73. The van der Waals surface area contributed by atoms with E-state index in [1.165, 1.54) is 0 Å². The first kappa shape index (κ1) is 14.5. The Labute approximate surface area is 135 Å². The molecule has 2 unspecified atom stereocenters. The van der Waals surface area contributed by atoms with Crippen LogP contribution in [0.15, 0.2) is 34.9 Å². The molecule has 1 amide bonds. The Kier molecular flexibility index (Phi) is 3.65. The van der Waals surface area contributed by atoms with Crippen molar-refractivity contribution >= 4 is 5.91 Å². The third-order valence-electron chi connectivity index (χ3n) is 5.01. The molecule has 0 saturated carbocycles. The van der Waals surface area contributed by atoms with Crippen molar-refractivity contribution in [3.05, 3.63) is 41.7 Å². The van der Waals surface area contributed by atoms with Crippen LogP contribution >= 0.6 is 0 Å². The molecule has 2 saturated heterocycles. The van der Waals surface area contributed by atoms with E-state index in [0.717, 1.165) is 37.9 Å². The Hall–Kier alpha value is -2.14. The first-order valence-corrected chi connectivity index (χ1v) is 8.31. The Morgan fingerprint density at radius 1 is 1.22 bits per heavy atom. The van der Waals surface area contributed by atoms with Crippen LogP contribution < -0.4 is 5.32 Å². The average molecular weight is 311 g/mol. The Morgan fingerprint density at radius 2 is 2.00 bits per heavy atom. The summed E-state index contributed by atoms with van der Waals surface area (Å²) in [6, 6.07) is 10.4. The molecule has 2 aliphatic heterocycles. The summed E-state index contributed by atoms with van der Waals surface area (Å²) in [6.07, 6.45) is 3.20. The van der Waals surface area contributed by atoms with Crippen LogP contribution in [0.2, 0.25) is 0 Å². The molecular formula is C18H21N3O2. The second-order valence-corrected chi connectivity index (χ2v) is 6.42. The number of nitrogens with one attached hydrogen (secondary N) is 1. The fourth-order valence-corrected chi connectivity index (χ4v) is 3.86. The minimum Gasteiger partial charge on any atom is -0.360 e. The summed E-state index contributed by atoms with van der Waals surface area (Å²) >= 11 is 0. The van der Waals surface area contributed by atoms with Gasteiger partial charge in [-0.15, -0.1) is 0 Å². The number of hydrogen-bond acceptors (Lipinski definition) is 4. The zero-order chi connectivity index (χ0) is 15.8. The summed E-state index contributed by atoms with van der Waals surface area (Å²) in [7, 11) is 0. The summed E-state index contributed by atoms with van der Waals surface area (Å²) in [5.41, 5.74) is 2.20. The van der Waals surface area contributed by atoms with Crippen LogP contribution in [0.3, 0.4) is 0 Å². The maximum absolute atomic E-state index is 13.3. The summed E-state index contributed by atoms with van der Waals surface area (Å²) in [4.78, 5) is 15.4. The molecule has 1 aromatic heterocycles. The van der Waals surface area contributed by atoms with Crippen molar-refractivity contribution in [2.24, 2.45) is 0 Å². The van der Waals surface area contributed by atoms with E-state index >= 15 is 0 Å².